The first-order valence-electron chi connectivity index (χ1n) is 6.33. The summed E-state index contributed by atoms with van der Waals surface area (Å²) < 4.78 is 13.2. The number of benzene rings is 1. The zero-order valence-corrected chi connectivity index (χ0v) is 9.82. The van der Waals surface area contributed by atoms with Gasteiger partial charge in [-0.25, -0.2) is 4.39 Å². The third kappa shape index (κ3) is 2.33. The molecule has 1 heterocycles. The normalized spacial score (nSPS) is 26.6. The van der Waals surface area contributed by atoms with Gasteiger partial charge in [-0.05, 0) is 54.9 Å². The Kier molecular flexibility index (Phi) is 2.83. The Morgan fingerprint density at radius 3 is 3.12 bits per heavy atom. The Morgan fingerprint density at radius 2 is 2.29 bits per heavy atom. The van der Waals surface area contributed by atoms with Crippen LogP contribution in [0, 0.1) is 11.7 Å². The minimum atomic E-state index is -0.107. The Morgan fingerprint density at radius 1 is 1.35 bits per heavy atom. The van der Waals surface area contributed by atoms with Crippen molar-refractivity contribution in [1.82, 2.24) is 5.32 Å². The molecule has 1 aromatic rings. The summed E-state index contributed by atoms with van der Waals surface area (Å²) in [6.07, 6.45) is 6.24. The van der Waals surface area contributed by atoms with Crippen LogP contribution in [0.3, 0.4) is 0 Å². The van der Waals surface area contributed by atoms with Crippen molar-refractivity contribution in [1.29, 1.82) is 0 Å². The smallest absolute Gasteiger partial charge is 0.123 e. The number of nitrogens with zero attached hydrogens (tertiary/aromatic N) is 1. The molecule has 1 N–H and O–H groups in total. The minimum Gasteiger partial charge on any atom is -0.374 e. The van der Waals surface area contributed by atoms with E-state index in [4.69, 9.17) is 0 Å². The Labute approximate surface area is 101 Å². The third-order valence-corrected chi connectivity index (χ3v) is 3.83. The fraction of sp³-hybridized carbons (Fsp3) is 0.500. The molecule has 0 amide bonds. The zero-order valence-electron chi connectivity index (χ0n) is 9.82. The van der Waals surface area contributed by atoms with Gasteiger partial charge in [0.15, 0.2) is 0 Å². The molecular weight excluding hydrogens is 215 g/mol. The number of rotatable bonds is 2. The van der Waals surface area contributed by atoms with Crippen LogP contribution in [0.4, 0.5) is 4.39 Å². The molecule has 2 aliphatic rings. The molecule has 0 radical (unpaired) electrons. The van der Waals surface area contributed by atoms with E-state index in [0.717, 1.165) is 25.8 Å². The first-order valence-corrected chi connectivity index (χ1v) is 6.33. The highest BCUT2D eigenvalue weighted by atomic mass is 19.1. The number of fused-ring (bicyclic) bond motifs is 1. The van der Waals surface area contributed by atoms with Crippen molar-refractivity contribution in [3.63, 3.8) is 0 Å². The van der Waals surface area contributed by atoms with E-state index in [1.807, 2.05) is 6.07 Å². The van der Waals surface area contributed by atoms with Crippen LogP contribution in [0.2, 0.25) is 0 Å². The Hall–Kier alpha value is -1.38. The maximum Gasteiger partial charge on any atom is 0.123 e. The summed E-state index contributed by atoms with van der Waals surface area (Å²) in [4.78, 5) is 4.39. The maximum absolute atomic E-state index is 13.2. The fourth-order valence-corrected chi connectivity index (χ4v) is 2.93. The predicted molar refractivity (Wildman–Crippen MR) is 66.8 cm³/mol. The van der Waals surface area contributed by atoms with Crippen LogP contribution >= 0.6 is 0 Å². The molecule has 90 valence electrons. The van der Waals surface area contributed by atoms with Crippen molar-refractivity contribution in [3.05, 3.63) is 35.1 Å². The standard InChI is InChI=1S/C14H17FN2/c15-13-4-3-11-2-1-10(5-12(11)7-13)6-14-8-16-9-17-14/h3-4,7,9-10,14H,1-2,5-6,8H2,(H,16,17). The van der Waals surface area contributed by atoms with Gasteiger partial charge in [-0.15, -0.1) is 0 Å². The van der Waals surface area contributed by atoms with Crippen LogP contribution in [0.5, 0.6) is 0 Å². The summed E-state index contributed by atoms with van der Waals surface area (Å²) in [5.74, 6) is 0.552. The number of aryl methyl sites for hydroxylation is 1. The van der Waals surface area contributed by atoms with Gasteiger partial charge in [0.25, 0.3) is 0 Å². The van der Waals surface area contributed by atoms with Crippen molar-refractivity contribution in [3.8, 4) is 0 Å². The highest BCUT2D eigenvalue weighted by Crippen LogP contribution is 2.29. The van der Waals surface area contributed by atoms with E-state index >= 15 is 0 Å². The number of hydrogen-bond donors (Lipinski definition) is 1. The lowest BCUT2D eigenvalue weighted by molar-refractivity contribution is 0.393. The molecule has 0 aromatic heterocycles. The lowest BCUT2D eigenvalue weighted by Crippen LogP contribution is -2.22. The highest BCUT2D eigenvalue weighted by Gasteiger charge is 2.22. The van der Waals surface area contributed by atoms with Crippen LogP contribution in [-0.2, 0) is 12.8 Å². The number of aliphatic imine (C=N–C) groups is 1. The average molecular weight is 232 g/mol. The molecule has 2 unspecified atom stereocenters. The van der Waals surface area contributed by atoms with Gasteiger partial charge in [0.1, 0.15) is 5.82 Å². The van der Waals surface area contributed by atoms with Gasteiger partial charge in [0.05, 0.1) is 12.4 Å². The van der Waals surface area contributed by atoms with Crippen LogP contribution in [0.1, 0.15) is 24.0 Å². The summed E-state index contributed by atoms with van der Waals surface area (Å²) in [5, 5.41) is 3.14. The second-order valence-corrected chi connectivity index (χ2v) is 5.10. The number of halogens is 1. The minimum absolute atomic E-state index is 0.107. The lowest BCUT2D eigenvalue weighted by atomic mass is 9.81. The van der Waals surface area contributed by atoms with E-state index in [2.05, 4.69) is 10.3 Å². The first-order chi connectivity index (χ1) is 8.31. The Balaban J connectivity index is 1.69. The molecule has 0 bridgehead atoms. The molecule has 0 fully saturated rings. The van der Waals surface area contributed by atoms with Crippen LogP contribution < -0.4 is 5.32 Å². The zero-order chi connectivity index (χ0) is 11.7. The summed E-state index contributed by atoms with van der Waals surface area (Å²) in [6, 6.07) is 5.65. The quantitative estimate of drug-likeness (QED) is 0.831. The summed E-state index contributed by atoms with van der Waals surface area (Å²) >= 11 is 0. The second-order valence-electron chi connectivity index (χ2n) is 5.10. The summed E-state index contributed by atoms with van der Waals surface area (Å²) in [6.45, 7) is 0.965. The van der Waals surface area contributed by atoms with Crippen LogP contribution in [0.25, 0.3) is 0 Å². The van der Waals surface area contributed by atoms with Crippen LogP contribution in [0.15, 0.2) is 23.2 Å². The lowest BCUT2D eigenvalue weighted by Gasteiger charge is -2.25. The van der Waals surface area contributed by atoms with Gasteiger partial charge >= 0.3 is 0 Å². The third-order valence-electron chi connectivity index (χ3n) is 3.83. The maximum atomic E-state index is 13.2. The van der Waals surface area contributed by atoms with Crippen molar-refractivity contribution in [2.24, 2.45) is 10.9 Å². The predicted octanol–water partition coefficient (Wildman–Crippen LogP) is 2.32. The molecule has 0 spiro atoms. The van der Waals surface area contributed by atoms with Crippen molar-refractivity contribution in [2.75, 3.05) is 6.54 Å². The van der Waals surface area contributed by atoms with Gasteiger partial charge in [-0.3, -0.25) is 4.99 Å². The van der Waals surface area contributed by atoms with Gasteiger partial charge in [-0.1, -0.05) is 6.07 Å². The second kappa shape index (κ2) is 4.47. The molecular formula is C14H17FN2. The number of nitrogens with one attached hydrogen (secondary N) is 1. The molecule has 3 rings (SSSR count). The molecule has 2 nitrogen and oxygen atoms in total. The molecule has 1 aliphatic heterocycles. The fourth-order valence-electron chi connectivity index (χ4n) is 2.93. The van der Waals surface area contributed by atoms with Gasteiger partial charge in [0.2, 0.25) is 0 Å². The summed E-state index contributed by atoms with van der Waals surface area (Å²) in [5.41, 5.74) is 2.53. The molecule has 2 atom stereocenters. The largest absolute Gasteiger partial charge is 0.374 e. The highest BCUT2D eigenvalue weighted by molar-refractivity contribution is 5.57. The molecule has 17 heavy (non-hydrogen) atoms. The van der Waals surface area contributed by atoms with Gasteiger partial charge in [-0.2, -0.15) is 0 Å². The SMILES string of the molecule is Fc1ccc2c(c1)CC(CC1CNC=N1)CC2. The summed E-state index contributed by atoms with van der Waals surface area (Å²) in [7, 11) is 0. The van der Waals surface area contributed by atoms with Crippen molar-refractivity contribution < 1.29 is 4.39 Å². The van der Waals surface area contributed by atoms with Crippen molar-refractivity contribution >= 4 is 6.34 Å². The van der Waals surface area contributed by atoms with Gasteiger partial charge in [0, 0.05) is 6.54 Å². The average Bonchev–Trinajstić information content (AvgIpc) is 2.81. The van der Waals surface area contributed by atoms with E-state index in [1.54, 1.807) is 18.5 Å². The van der Waals surface area contributed by atoms with Gasteiger partial charge < -0.3 is 5.32 Å². The Bertz CT molecular complexity index is 442. The topological polar surface area (TPSA) is 24.4 Å². The van der Waals surface area contributed by atoms with E-state index in [-0.39, 0.29) is 5.82 Å². The molecule has 0 saturated carbocycles. The molecule has 0 saturated heterocycles. The van der Waals surface area contributed by atoms with E-state index in [9.17, 15) is 4.39 Å². The van der Waals surface area contributed by atoms with Crippen molar-refractivity contribution in [2.45, 2.75) is 31.7 Å². The van der Waals surface area contributed by atoms with E-state index < -0.39 is 0 Å². The molecule has 1 aromatic carbocycles. The first kappa shape index (κ1) is 10.8. The number of hydrogen-bond acceptors (Lipinski definition) is 2. The van der Waals surface area contributed by atoms with E-state index in [1.165, 1.54) is 17.5 Å². The molecule has 3 heteroatoms. The van der Waals surface area contributed by atoms with Crippen LogP contribution in [-0.4, -0.2) is 18.9 Å². The van der Waals surface area contributed by atoms with E-state index in [0.29, 0.717) is 12.0 Å². The monoisotopic (exact) mass is 232 g/mol. The molecule has 1 aliphatic carbocycles.